The van der Waals surface area contributed by atoms with Crippen molar-refractivity contribution in [3.63, 3.8) is 0 Å². The predicted octanol–water partition coefficient (Wildman–Crippen LogP) is 1.82. The third kappa shape index (κ3) is 2.65. The molecule has 1 N–H and O–H groups in total. The van der Waals surface area contributed by atoms with Crippen molar-refractivity contribution in [2.75, 3.05) is 32.6 Å². The maximum Gasteiger partial charge on any atom is 0.209 e. The molecule has 122 valence electrons. The molecule has 0 spiro atoms. The Morgan fingerprint density at radius 2 is 1.74 bits per heavy atom. The summed E-state index contributed by atoms with van der Waals surface area (Å²) >= 11 is 0. The first-order valence-electron chi connectivity index (χ1n) is 7.85. The Morgan fingerprint density at radius 3 is 2.39 bits per heavy atom. The highest BCUT2D eigenvalue weighted by Crippen LogP contribution is 2.47. The van der Waals surface area contributed by atoms with Crippen LogP contribution in [0, 0.1) is 0 Å². The van der Waals surface area contributed by atoms with Gasteiger partial charge in [-0.05, 0) is 21.9 Å². The van der Waals surface area contributed by atoms with Gasteiger partial charge in [-0.25, -0.2) is 13.1 Å². The molecule has 6 heteroatoms. The quantitative estimate of drug-likeness (QED) is 0.931. The fraction of sp³-hybridized carbons (Fsp3) is 0.412. The van der Waals surface area contributed by atoms with E-state index in [0.717, 1.165) is 24.0 Å². The van der Waals surface area contributed by atoms with Gasteiger partial charge in [-0.3, -0.25) is 4.90 Å². The molecule has 0 bridgehead atoms. The van der Waals surface area contributed by atoms with Gasteiger partial charge in [-0.15, -0.1) is 0 Å². The Morgan fingerprint density at radius 1 is 1.09 bits per heavy atom. The lowest BCUT2D eigenvalue weighted by molar-refractivity contribution is 0.0106. The second kappa shape index (κ2) is 5.56. The van der Waals surface area contributed by atoms with Crippen LogP contribution >= 0.6 is 0 Å². The Balaban J connectivity index is 1.87. The molecule has 0 aromatic heterocycles. The van der Waals surface area contributed by atoms with Crippen molar-refractivity contribution in [2.45, 2.75) is 12.1 Å². The average molecular weight is 332 g/mol. The summed E-state index contributed by atoms with van der Waals surface area (Å²) in [7, 11) is -3.30. The van der Waals surface area contributed by atoms with Crippen LogP contribution in [0.4, 0.5) is 0 Å². The second-order valence-corrected chi connectivity index (χ2v) is 8.03. The molecular formula is C17H20N2O3S. The molecule has 1 saturated heterocycles. The van der Waals surface area contributed by atoms with Crippen LogP contribution in [0.1, 0.15) is 23.2 Å². The Kier molecular flexibility index (Phi) is 3.65. The molecular weight excluding hydrogens is 312 g/mol. The molecule has 1 heterocycles. The molecule has 0 amide bonds. The zero-order chi connectivity index (χ0) is 16.0. The van der Waals surface area contributed by atoms with Crippen molar-refractivity contribution in [3.8, 4) is 0 Å². The molecule has 4 rings (SSSR count). The van der Waals surface area contributed by atoms with Gasteiger partial charge in [0.25, 0.3) is 0 Å². The van der Waals surface area contributed by atoms with Crippen LogP contribution in [0.5, 0.6) is 0 Å². The molecule has 2 aromatic carbocycles. The number of ether oxygens (including phenoxy) is 1. The summed E-state index contributed by atoms with van der Waals surface area (Å²) in [5.74, 6) is 0. The normalized spacial score (nSPS) is 25.1. The summed E-state index contributed by atoms with van der Waals surface area (Å²) < 4.78 is 32.2. The maximum absolute atomic E-state index is 11.9. The standard InChI is InChI=1S/C17H20N2O3S/c1-23(20,21)18-16-13-6-2-4-12-5-3-7-14(15(12)13)17(16)19-8-10-22-11-9-19/h2-7,16-18H,8-11H2,1H3/t16-,17-/m1/s1. The number of benzene rings is 2. The fourth-order valence-corrected chi connectivity index (χ4v) is 4.59. The van der Waals surface area contributed by atoms with Gasteiger partial charge in [0.15, 0.2) is 0 Å². The van der Waals surface area contributed by atoms with Crippen LogP contribution < -0.4 is 4.72 Å². The molecule has 0 saturated carbocycles. The molecule has 2 aliphatic rings. The van der Waals surface area contributed by atoms with E-state index in [2.05, 4.69) is 33.9 Å². The molecule has 0 unspecified atom stereocenters. The minimum Gasteiger partial charge on any atom is -0.379 e. The number of rotatable bonds is 3. The number of sulfonamides is 1. The third-order valence-corrected chi connectivity index (χ3v) is 5.40. The number of hydrogen-bond acceptors (Lipinski definition) is 4. The summed E-state index contributed by atoms with van der Waals surface area (Å²) in [5.41, 5.74) is 2.28. The summed E-state index contributed by atoms with van der Waals surface area (Å²) in [6, 6.07) is 12.2. The summed E-state index contributed by atoms with van der Waals surface area (Å²) in [6.07, 6.45) is 1.23. The number of nitrogens with zero attached hydrogens (tertiary/aromatic N) is 1. The van der Waals surface area contributed by atoms with Crippen molar-refractivity contribution < 1.29 is 13.2 Å². The first-order valence-corrected chi connectivity index (χ1v) is 9.74. The highest BCUT2D eigenvalue weighted by Gasteiger charge is 2.39. The van der Waals surface area contributed by atoms with Crippen LogP contribution in [0.15, 0.2) is 36.4 Å². The van der Waals surface area contributed by atoms with E-state index < -0.39 is 10.0 Å². The molecule has 2 aromatic rings. The number of nitrogens with one attached hydrogen (secondary N) is 1. The first kappa shape index (κ1) is 15.1. The summed E-state index contributed by atoms with van der Waals surface area (Å²) in [4.78, 5) is 2.33. The summed E-state index contributed by atoms with van der Waals surface area (Å²) in [6.45, 7) is 3.01. The van der Waals surface area contributed by atoms with Crippen LogP contribution in [-0.4, -0.2) is 45.9 Å². The van der Waals surface area contributed by atoms with Gasteiger partial charge in [0.1, 0.15) is 0 Å². The highest BCUT2D eigenvalue weighted by atomic mass is 32.2. The fourth-order valence-electron chi connectivity index (χ4n) is 3.88. The van der Waals surface area contributed by atoms with Gasteiger partial charge in [0.05, 0.1) is 31.6 Å². The van der Waals surface area contributed by atoms with Crippen molar-refractivity contribution in [3.05, 3.63) is 47.5 Å². The van der Waals surface area contributed by atoms with Gasteiger partial charge >= 0.3 is 0 Å². The van der Waals surface area contributed by atoms with Crippen molar-refractivity contribution in [2.24, 2.45) is 0 Å². The van der Waals surface area contributed by atoms with E-state index in [9.17, 15) is 8.42 Å². The lowest BCUT2D eigenvalue weighted by Crippen LogP contribution is -2.43. The predicted molar refractivity (Wildman–Crippen MR) is 89.8 cm³/mol. The zero-order valence-electron chi connectivity index (χ0n) is 13.0. The van der Waals surface area contributed by atoms with Crippen molar-refractivity contribution >= 4 is 20.8 Å². The van der Waals surface area contributed by atoms with Crippen LogP contribution in [0.25, 0.3) is 10.8 Å². The molecule has 2 atom stereocenters. The minimum absolute atomic E-state index is 0.0229. The molecule has 1 aliphatic heterocycles. The van der Waals surface area contributed by atoms with Gasteiger partial charge in [-0.1, -0.05) is 36.4 Å². The molecule has 0 radical (unpaired) electrons. The summed E-state index contributed by atoms with van der Waals surface area (Å²) in [5, 5.41) is 2.35. The van der Waals surface area contributed by atoms with Crippen LogP contribution in [0.3, 0.4) is 0 Å². The van der Waals surface area contributed by atoms with E-state index in [1.54, 1.807) is 0 Å². The Labute approximate surface area is 136 Å². The van der Waals surface area contributed by atoms with Gasteiger partial charge in [-0.2, -0.15) is 0 Å². The van der Waals surface area contributed by atoms with Gasteiger partial charge < -0.3 is 4.74 Å². The largest absolute Gasteiger partial charge is 0.379 e. The van der Waals surface area contributed by atoms with E-state index in [1.165, 1.54) is 17.2 Å². The average Bonchev–Trinajstić information content (AvgIpc) is 2.83. The van der Waals surface area contributed by atoms with E-state index in [4.69, 9.17) is 4.74 Å². The first-order chi connectivity index (χ1) is 11.0. The third-order valence-electron chi connectivity index (χ3n) is 4.72. The smallest absolute Gasteiger partial charge is 0.209 e. The second-order valence-electron chi connectivity index (χ2n) is 6.25. The van der Waals surface area contributed by atoms with Crippen molar-refractivity contribution in [1.82, 2.24) is 9.62 Å². The van der Waals surface area contributed by atoms with Gasteiger partial charge in [0.2, 0.25) is 10.0 Å². The molecule has 1 fully saturated rings. The van der Waals surface area contributed by atoms with Crippen molar-refractivity contribution in [1.29, 1.82) is 0 Å². The van der Waals surface area contributed by atoms with E-state index >= 15 is 0 Å². The lowest BCUT2D eigenvalue weighted by Gasteiger charge is -2.36. The van der Waals surface area contributed by atoms with E-state index in [0.29, 0.717) is 13.2 Å². The molecule has 23 heavy (non-hydrogen) atoms. The molecule has 1 aliphatic carbocycles. The number of morpholine rings is 1. The maximum atomic E-state index is 11.9. The van der Waals surface area contributed by atoms with Crippen LogP contribution in [-0.2, 0) is 14.8 Å². The molecule has 5 nitrogen and oxygen atoms in total. The lowest BCUT2D eigenvalue weighted by atomic mass is 10.0. The minimum atomic E-state index is -3.30. The van der Waals surface area contributed by atoms with E-state index in [1.807, 2.05) is 12.1 Å². The topological polar surface area (TPSA) is 58.6 Å². The number of hydrogen-bond donors (Lipinski definition) is 1. The Hall–Kier alpha value is -1.47. The highest BCUT2D eigenvalue weighted by molar-refractivity contribution is 7.88. The van der Waals surface area contributed by atoms with E-state index in [-0.39, 0.29) is 12.1 Å². The van der Waals surface area contributed by atoms with Crippen LogP contribution in [0.2, 0.25) is 0 Å². The van der Waals surface area contributed by atoms with Gasteiger partial charge in [0, 0.05) is 13.1 Å². The monoisotopic (exact) mass is 332 g/mol. The Bertz CT molecular complexity index is 839. The SMILES string of the molecule is CS(=O)(=O)N[C@@H]1c2cccc3cccc(c23)[C@H]1N1CCOCC1. The zero-order valence-corrected chi connectivity index (χ0v) is 13.8.